The van der Waals surface area contributed by atoms with Crippen LogP contribution in [0.5, 0.6) is 0 Å². The van der Waals surface area contributed by atoms with E-state index in [-0.39, 0.29) is 17.6 Å². The third kappa shape index (κ3) is 2.72. The third-order valence-electron chi connectivity index (χ3n) is 4.20. The number of anilines is 1. The van der Waals surface area contributed by atoms with Gasteiger partial charge >= 0.3 is 0 Å². The standard InChI is InChI=1S/C19H13ClFNOS/c20-13-6-4-11(5-7-13)16-10-24-19-15(9-17(23)22-18(16)19)12-2-1-3-14(21)8-12/h1-8,10,15H,9H2,(H,22,23). The van der Waals surface area contributed by atoms with Crippen LogP contribution in [0.3, 0.4) is 0 Å². The summed E-state index contributed by atoms with van der Waals surface area (Å²) in [6.45, 7) is 0. The first kappa shape index (κ1) is 15.4. The first-order valence-corrected chi connectivity index (χ1v) is 8.80. The molecule has 5 heteroatoms. The summed E-state index contributed by atoms with van der Waals surface area (Å²) in [5.74, 6) is -0.449. The molecule has 1 N–H and O–H groups in total. The molecule has 1 unspecified atom stereocenters. The molecule has 4 rings (SSSR count). The number of carbonyl (C=O) groups excluding carboxylic acids is 1. The largest absolute Gasteiger partial charge is 0.325 e. The van der Waals surface area contributed by atoms with E-state index in [0.29, 0.717) is 11.4 Å². The summed E-state index contributed by atoms with van der Waals surface area (Å²) in [4.78, 5) is 13.3. The van der Waals surface area contributed by atoms with Crippen molar-refractivity contribution in [2.45, 2.75) is 12.3 Å². The molecule has 1 aromatic heterocycles. The molecule has 2 heterocycles. The van der Waals surface area contributed by atoms with E-state index in [1.165, 1.54) is 12.1 Å². The van der Waals surface area contributed by atoms with Gasteiger partial charge in [0.2, 0.25) is 5.91 Å². The number of carbonyl (C=O) groups is 1. The highest BCUT2D eigenvalue weighted by atomic mass is 35.5. The van der Waals surface area contributed by atoms with Crippen molar-refractivity contribution in [2.75, 3.05) is 5.32 Å². The molecule has 1 aliphatic heterocycles. The molecule has 0 radical (unpaired) electrons. The highest BCUT2D eigenvalue weighted by Crippen LogP contribution is 2.46. The van der Waals surface area contributed by atoms with Gasteiger partial charge in [0.15, 0.2) is 0 Å². The number of hydrogen-bond acceptors (Lipinski definition) is 2. The molecule has 2 aromatic carbocycles. The number of fused-ring (bicyclic) bond motifs is 1. The zero-order valence-corrected chi connectivity index (χ0v) is 14.1. The molecule has 1 atom stereocenters. The van der Waals surface area contributed by atoms with Crippen molar-refractivity contribution in [1.29, 1.82) is 0 Å². The fourth-order valence-electron chi connectivity index (χ4n) is 3.06. The van der Waals surface area contributed by atoms with Crippen LogP contribution in [0.2, 0.25) is 5.02 Å². The predicted molar refractivity (Wildman–Crippen MR) is 96.3 cm³/mol. The topological polar surface area (TPSA) is 29.1 Å². The highest BCUT2D eigenvalue weighted by Gasteiger charge is 2.30. The number of nitrogens with one attached hydrogen (secondary N) is 1. The Morgan fingerprint density at radius 2 is 1.96 bits per heavy atom. The molecule has 0 saturated carbocycles. The van der Waals surface area contributed by atoms with E-state index < -0.39 is 0 Å². The van der Waals surface area contributed by atoms with Gasteiger partial charge in [-0.3, -0.25) is 4.79 Å². The average Bonchev–Trinajstić information content (AvgIpc) is 2.98. The lowest BCUT2D eigenvalue weighted by Crippen LogP contribution is -2.22. The van der Waals surface area contributed by atoms with Crippen LogP contribution in [0, 0.1) is 5.82 Å². The Labute approximate surface area is 147 Å². The van der Waals surface area contributed by atoms with Crippen LogP contribution in [0.25, 0.3) is 11.1 Å². The SMILES string of the molecule is O=C1CC(c2cccc(F)c2)c2scc(-c3ccc(Cl)cc3)c2N1. The predicted octanol–water partition coefficient (Wildman–Crippen LogP) is 5.68. The van der Waals surface area contributed by atoms with Gasteiger partial charge in [0.05, 0.1) is 5.69 Å². The maximum absolute atomic E-state index is 13.6. The minimum atomic E-state index is -0.283. The Kier molecular flexibility index (Phi) is 3.87. The van der Waals surface area contributed by atoms with Crippen LogP contribution in [-0.2, 0) is 4.79 Å². The van der Waals surface area contributed by atoms with Crippen molar-refractivity contribution < 1.29 is 9.18 Å². The molecule has 1 amide bonds. The van der Waals surface area contributed by atoms with Crippen LogP contribution in [0.1, 0.15) is 22.8 Å². The van der Waals surface area contributed by atoms with Crippen LogP contribution in [0.4, 0.5) is 10.1 Å². The molecular formula is C19H13ClFNOS. The van der Waals surface area contributed by atoms with Gasteiger partial charge in [-0.2, -0.15) is 0 Å². The van der Waals surface area contributed by atoms with Gasteiger partial charge in [-0.15, -0.1) is 11.3 Å². The van der Waals surface area contributed by atoms with Gasteiger partial charge < -0.3 is 5.32 Å². The molecule has 0 bridgehead atoms. The zero-order chi connectivity index (χ0) is 16.7. The maximum Gasteiger partial charge on any atom is 0.225 e. The Bertz CT molecular complexity index is 919. The third-order valence-corrected chi connectivity index (χ3v) is 5.54. The quantitative estimate of drug-likeness (QED) is 0.628. The smallest absolute Gasteiger partial charge is 0.225 e. The fraction of sp³-hybridized carbons (Fsp3) is 0.105. The molecule has 0 saturated heterocycles. The van der Waals surface area contributed by atoms with Crippen molar-refractivity contribution in [3.63, 3.8) is 0 Å². The lowest BCUT2D eigenvalue weighted by atomic mass is 9.89. The Hall–Kier alpha value is -2.17. The van der Waals surface area contributed by atoms with Crippen LogP contribution in [0.15, 0.2) is 53.9 Å². The summed E-state index contributed by atoms with van der Waals surface area (Å²) < 4.78 is 13.6. The monoisotopic (exact) mass is 357 g/mol. The second-order valence-electron chi connectivity index (χ2n) is 5.76. The fourth-order valence-corrected chi connectivity index (χ4v) is 4.35. The van der Waals surface area contributed by atoms with Crippen LogP contribution < -0.4 is 5.32 Å². The summed E-state index contributed by atoms with van der Waals surface area (Å²) in [5, 5.41) is 5.69. The average molecular weight is 358 g/mol. The Morgan fingerprint density at radius 1 is 1.17 bits per heavy atom. The second kappa shape index (κ2) is 6.04. The van der Waals surface area contributed by atoms with Crippen molar-refractivity contribution in [1.82, 2.24) is 0 Å². The molecule has 0 spiro atoms. The van der Waals surface area contributed by atoms with Crippen molar-refractivity contribution in [3.05, 3.63) is 75.2 Å². The molecular weight excluding hydrogens is 345 g/mol. The van der Waals surface area contributed by atoms with Crippen molar-refractivity contribution in [3.8, 4) is 11.1 Å². The highest BCUT2D eigenvalue weighted by molar-refractivity contribution is 7.11. The first-order valence-electron chi connectivity index (χ1n) is 7.54. The van der Waals surface area contributed by atoms with Gasteiger partial charge in [-0.1, -0.05) is 35.9 Å². The van der Waals surface area contributed by atoms with Gasteiger partial charge in [0.1, 0.15) is 5.82 Å². The molecule has 0 fully saturated rings. The summed E-state index contributed by atoms with van der Waals surface area (Å²) in [6, 6.07) is 14.0. The zero-order valence-electron chi connectivity index (χ0n) is 12.6. The molecule has 3 aromatic rings. The minimum Gasteiger partial charge on any atom is -0.325 e. The number of halogens is 2. The van der Waals surface area contributed by atoms with Gasteiger partial charge in [0, 0.05) is 33.2 Å². The van der Waals surface area contributed by atoms with E-state index in [0.717, 1.165) is 27.3 Å². The first-order chi connectivity index (χ1) is 11.6. The number of rotatable bonds is 2. The van der Waals surface area contributed by atoms with E-state index >= 15 is 0 Å². The molecule has 24 heavy (non-hydrogen) atoms. The molecule has 0 aliphatic carbocycles. The van der Waals surface area contributed by atoms with Crippen LogP contribution >= 0.6 is 22.9 Å². The summed E-state index contributed by atoms with van der Waals surface area (Å²) in [6.07, 6.45) is 0.330. The van der Waals surface area contributed by atoms with E-state index in [9.17, 15) is 9.18 Å². The number of benzene rings is 2. The molecule has 2 nitrogen and oxygen atoms in total. The van der Waals surface area contributed by atoms with Crippen molar-refractivity contribution >= 4 is 34.5 Å². The summed E-state index contributed by atoms with van der Waals surface area (Å²) in [7, 11) is 0. The lowest BCUT2D eigenvalue weighted by Gasteiger charge is -2.24. The van der Waals surface area contributed by atoms with E-state index in [4.69, 9.17) is 11.6 Å². The van der Waals surface area contributed by atoms with Gasteiger partial charge in [-0.25, -0.2) is 4.39 Å². The number of thiophene rings is 1. The summed E-state index contributed by atoms with van der Waals surface area (Å²) in [5.41, 5.74) is 3.63. The number of amides is 1. The Morgan fingerprint density at radius 3 is 2.71 bits per heavy atom. The minimum absolute atomic E-state index is 0.0506. The van der Waals surface area contributed by atoms with Crippen molar-refractivity contribution in [2.24, 2.45) is 0 Å². The van der Waals surface area contributed by atoms with E-state index in [1.54, 1.807) is 17.4 Å². The van der Waals surface area contributed by atoms with E-state index in [2.05, 4.69) is 5.32 Å². The normalized spacial score (nSPS) is 16.6. The van der Waals surface area contributed by atoms with Gasteiger partial charge in [-0.05, 0) is 35.4 Å². The molecule has 1 aliphatic rings. The molecule has 120 valence electrons. The Balaban J connectivity index is 1.81. The summed E-state index contributed by atoms with van der Waals surface area (Å²) >= 11 is 7.55. The van der Waals surface area contributed by atoms with E-state index in [1.807, 2.05) is 35.7 Å². The lowest BCUT2D eigenvalue weighted by molar-refractivity contribution is -0.116. The van der Waals surface area contributed by atoms with Gasteiger partial charge in [0.25, 0.3) is 0 Å². The number of hydrogen-bond donors (Lipinski definition) is 1. The second-order valence-corrected chi connectivity index (χ2v) is 7.10. The maximum atomic E-state index is 13.6. The van der Waals surface area contributed by atoms with Crippen LogP contribution in [-0.4, -0.2) is 5.91 Å².